The van der Waals surface area contributed by atoms with Gasteiger partial charge in [-0.25, -0.2) is 4.68 Å². The molecule has 1 unspecified atom stereocenters. The van der Waals surface area contributed by atoms with Crippen molar-refractivity contribution in [2.24, 2.45) is 0 Å². The van der Waals surface area contributed by atoms with Crippen molar-refractivity contribution >= 4 is 5.91 Å². The molecule has 32 heavy (non-hydrogen) atoms. The highest BCUT2D eigenvalue weighted by atomic mass is 16.5. The zero-order chi connectivity index (χ0) is 21.8. The minimum absolute atomic E-state index is 0.211. The van der Waals surface area contributed by atoms with Gasteiger partial charge in [-0.1, -0.05) is 5.21 Å². The van der Waals surface area contributed by atoms with Gasteiger partial charge in [-0.3, -0.25) is 9.69 Å². The molecule has 4 aliphatic heterocycles. The lowest BCUT2D eigenvalue weighted by atomic mass is 9.89. The maximum absolute atomic E-state index is 12.7. The highest BCUT2D eigenvalue weighted by molar-refractivity contribution is 5.76. The lowest BCUT2D eigenvalue weighted by Gasteiger charge is -2.43. The summed E-state index contributed by atoms with van der Waals surface area (Å²) in [5, 5.41) is 8.71. The minimum Gasteiger partial charge on any atom is -0.379 e. The van der Waals surface area contributed by atoms with Crippen molar-refractivity contribution in [2.75, 3.05) is 59.2 Å². The Kier molecular flexibility index (Phi) is 7.03. The van der Waals surface area contributed by atoms with Crippen molar-refractivity contribution in [2.45, 2.75) is 63.6 Å². The molecule has 0 radical (unpaired) electrons. The lowest BCUT2D eigenvalue weighted by molar-refractivity contribution is -0.146. The van der Waals surface area contributed by atoms with Crippen molar-refractivity contribution in [1.29, 1.82) is 0 Å². The van der Waals surface area contributed by atoms with Gasteiger partial charge in [0.1, 0.15) is 5.69 Å². The van der Waals surface area contributed by atoms with E-state index in [1.54, 1.807) is 0 Å². The molecule has 0 saturated carbocycles. The molecule has 0 aliphatic carbocycles. The Morgan fingerprint density at radius 1 is 1.16 bits per heavy atom. The molecule has 1 spiro atoms. The van der Waals surface area contributed by atoms with Crippen LogP contribution in [0, 0.1) is 0 Å². The molecule has 5 heterocycles. The molecule has 3 saturated heterocycles. The third-order valence-electron chi connectivity index (χ3n) is 7.21. The molecule has 0 bridgehead atoms. The molecule has 0 aromatic carbocycles. The van der Waals surface area contributed by atoms with Gasteiger partial charge < -0.3 is 23.8 Å². The van der Waals surface area contributed by atoms with E-state index >= 15 is 0 Å². The van der Waals surface area contributed by atoms with Crippen LogP contribution in [-0.4, -0.2) is 102 Å². The van der Waals surface area contributed by atoms with E-state index in [0.717, 1.165) is 89.6 Å². The summed E-state index contributed by atoms with van der Waals surface area (Å²) < 4.78 is 25.1. The molecule has 10 nitrogen and oxygen atoms in total. The predicted octanol–water partition coefficient (Wildman–Crippen LogP) is 0.587. The smallest absolute Gasteiger partial charge is 0.223 e. The van der Waals surface area contributed by atoms with Gasteiger partial charge in [0.15, 0.2) is 0 Å². The van der Waals surface area contributed by atoms with E-state index in [-0.39, 0.29) is 17.6 Å². The van der Waals surface area contributed by atoms with E-state index in [1.165, 1.54) is 0 Å². The van der Waals surface area contributed by atoms with E-state index < -0.39 is 0 Å². The number of likely N-dealkylation sites (tertiary alicyclic amines) is 1. The number of ether oxygens (including phenoxy) is 4. The first-order valence-corrected chi connectivity index (χ1v) is 12.0. The molecule has 10 heteroatoms. The third-order valence-corrected chi connectivity index (χ3v) is 7.21. The predicted molar refractivity (Wildman–Crippen MR) is 114 cm³/mol. The summed E-state index contributed by atoms with van der Waals surface area (Å²) in [6.07, 6.45) is 4.64. The summed E-state index contributed by atoms with van der Waals surface area (Å²) in [5.74, 6) is 0.245. The van der Waals surface area contributed by atoms with Gasteiger partial charge in [-0.2, -0.15) is 0 Å². The third kappa shape index (κ3) is 5.14. The Morgan fingerprint density at radius 3 is 2.78 bits per heavy atom. The summed E-state index contributed by atoms with van der Waals surface area (Å²) in [6, 6.07) is 0. The Hall–Kier alpha value is -1.59. The van der Waals surface area contributed by atoms with E-state index in [4.69, 9.17) is 18.9 Å². The van der Waals surface area contributed by atoms with Crippen LogP contribution in [-0.2, 0) is 43.5 Å². The Bertz CT molecular complexity index is 767. The van der Waals surface area contributed by atoms with Crippen molar-refractivity contribution in [3.63, 3.8) is 0 Å². The fourth-order valence-corrected chi connectivity index (χ4v) is 5.07. The number of hydrogen-bond donors (Lipinski definition) is 0. The Morgan fingerprint density at radius 2 is 2.00 bits per heavy atom. The second kappa shape index (κ2) is 10.1. The number of rotatable bonds is 7. The molecule has 1 amide bonds. The number of amides is 1. The van der Waals surface area contributed by atoms with Crippen LogP contribution in [0.4, 0.5) is 0 Å². The average molecular weight is 450 g/mol. The standard InChI is InChI=1S/C22H35N5O5/c28-21(3-6-25-9-12-29-13-10-25)26-7-4-22(5-8-26)17-27-20(16-32-22)19(23-24-27)15-30-14-18-2-1-11-31-18/h18H,1-17H2. The molecule has 3 fully saturated rings. The van der Waals surface area contributed by atoms with E-state index in [0.29, 0.717) is 32.8 Å². The SMILES string of the molecule is O=C(CCN1CCOCC1)N1CCC2(CC1)Cn1nnc(COCC3CCCO3)c1CO2. The van der Waals surface area contributed by atoms with Gasteiger partial charge in [0.25, 0.3) is 0 Å². The van der Waals surface area contributed by atoms with Gasteiger partial charge in [0.2, 0.25) is 5.91 Å². The van der Waals surface area contributed by atoms with Crippen LogP contribution >= 0.6 is 0 Å². The number of piperidine rings is 1. The van der Waals surface area contributed by atoms with E-state index in [2.05, 4.69) is 15.2 Å². The molecule has 0 N–H and O–H groups in total. The molecular weight excluding hydrogens is 414 g/mol. The summed E-state index contributed by atoms with van der Waals surface area (Å²) in [5.41, 5.74) is 1.61. The normalized spacial score (nSPS) is 25.9. The zero-order valence-electron chi connectivity index (χ0n) is 18.9. The van der Waals surface area contributed by atoms with Crippen molar-refractivity contribution in [1.82, 2.24) is 24.8 Å². The number of morpholine rings is 1. The van der Waals surface area contributed by atoms with Gasteiger partial charge in [-0.15, -0.1) is 5.10 Å². The average Bonchev–Trinajstić information content (AvgIpc) is 3.49. The zero-order valence-corrected chi connectivity index (χ0v) is 18.9. The number of hydrogen-bond acceptors (Lipinski definition) is 8. The number of carbonyl (C=O) groups is 1. The van der Waals surface area contributed by atoms with Gasteiger partial charge in [0, 0.05) is 45.8 Å². The van der Waals surface area contributed by atoms with Crippen LogP contribution in [0.25, 0.3) is 0 Å². The van der Waals surface area contributed by atoms with Crippen LogP contribution in [0.1, 0.15) is 43.5 Å². The van der Waals surface area contributed by atoms with Crippen LogP contribution < -0.4 is 0 Å². The van der Waals surface area contributed by atoms with Gasteiger partial charge in [-0.05, 0) is 25.7 Å². The van der Waals surface area contributed by atoms with Gasteiger partial charge in [0.05, 0.1) is 57.0 Å². The fourth-order valence-electron chi connectivity index (χ4n) is 5.07. The number of aromatic nitrogens is 3. The maximum Gasteiger partial charge on any atom is 0.223 e. The Balaban J connectivity index is 1.08. The molecule has 1 aromatic rings. The monoisotopic (exact) mass is 449 g/mol. The quantitative estimate of drug-likeness (QED) is 0.597. The summed E-state index contributed by atoms with van der Waals surface area (Å²) >= 11 is 0. The van der Waals surface area contributed by atoms with Crippen LogP contribution in [0.15, 0.2) is 0 Å². The van der Waals surface area contributed by atoms with Crippen molar-refractivity contribution in [3.8, 4) is 0 Å². The van der Waals surface area contributed by atoms with Crippen molar-refractivity contribution in [3.05, 3.63) is 11.4 Å². The summed E-state index contributed by atoms with van der Waals surface area (Å²) in [6.45, 7) is 8.75. The van der Waals surface area contributed by atoms with E-state index in [1.807, 2.05) is 9.58 Å². The molecule has 178 valence electrons. The number of fused-ring (bicyclic) bond motifs is 1. The highest BCUT2D eigenvalue weighted by Gasteiger charge is 2.41. The molecule has 4 aliphatic rings. The first-order valence-electron chi connectivity index (χ1n) is 12.0. The van der Waals surface area contributed by atoms with E-state index in [9.17, 15) is 4.79 Å². The summed E-state index contributed by atoms with van der Waals surface area (Å²) in [7, 11) is 0. The van der Waals surface area contributed by atoms with Crippen LogP contribution in [0.5, 0.6) is 0 Å². The number of carbonyl (C=O) groups excluding carboxylic acids is 1. The summed E-state index contributed by atoms with van der Waals surface area (Å²) in [4.78, 5) is 17.0. The molecule has 1 atom stereocenters. The molecule has 5 rings (SSSR count). The Labute approximate surface area is 189 Å². The van der Waals surface area contributed by atoms with Crippen LogP contribution in [0.2, 0.25) is 0 Å². The second-order valence-electron chi connectivity index (χ2n) is 9.35. The number of nitrogens with zero attached hydrogens (tertiary/aromatic N) is 5. The maximum atomic E-state index is 12.7. The van der Waals surface area contributed by atoms with Gasteiger partial charge >= 0.3 is 0 Å². The highest BCUT2D eigenvalue weighted by Crippen LogP contribution is 2.33. The second-order valence-corrected chi connectivity index (χ2v) is 9.35. The topological polar surface area (TPSA) is 91.2 Å². The minimum atomic E-state index is -0.252. The van der Waals surface area contributed by atoms with Crippen LogP contribution in [0.3, 0.4) is 0 Å². The molecule has 1 aromatic heterocycles. The van der Waals surface area contributed by atoms with Crippen molar-refractivity contribution < 1.29 is 23.7 Å². The molecular formula is C22H35N5O5. The fraction of sp³-hybridized carbons (Fsp3) is 0.864. The largest absolute Gasteiger partial charge is 0.379 e. The lowest BCUT2D eigenvalue weighted by Crippen LogP contribution is -2.52. The first-order chi connectivity index (χ1) is 15.7. The first kappa shape index (κ1) is 22.2.